The molecule has 0 spiro atoms. The fourth-order valence-electron chi connectivity index (χ4n) is 1.21. The maximum Gasteiger partial charge on any atom is 0.433 e. The molecule has 9 heteroatoms. The standard InChI is InChI=1S/C7H9N5O3S/c8-3-5-10-7(9,11-16-5)4-1-2-6(15-4)12(13)14/h1-3,10-11H,8-9H2. The van der Waals surface area contributed by atoms with E-state index in [9.17, 15) is 10.1 Å². The monoisotopic (exact) mass is 243 g/mol. The van der Waals surface area contributed by atoms with Crippen molar-refractivity contribution >= 4 is 17.8 Å². The van der Waals surface area contributed by atoms with E-state index in [1.807, 2.05) is 0 Å². The fourth-order valence-corrected chi connectivity index (χ4v) is 1.91. The van der Waals surface area contributed by atoms with Crippen LogP contribution in [0.3, 0.4) is 0 Å². The number of rotatable bonds is 2. The Morgan fingerprint density at radius 1 is 1.62 bits per heavy atom. The lowest BCUT2D eigenvalue weighted by molar-refractivity contribution is -0.402. The Balaban J connectivity index is 2.27. The molecule has 1 aromatic heterocycles. The van der Waals surface area contributed by atoms with Crippen molar-refractivity contribution in [2.45, 2.75) is 5.79 Å². The normalized spacial score (nSPS) is 26.9. The van der Waals surface area contributed by atoms with Crippen LogP contribution in [0.5, 0.6) is 0 Å². The zero-order valence-corrected chi connectivity index (χ0v) is 8.78. The Labute approximate surface area is 94.3 Å². The molecule has 2 heterocycles. The van der Waals surface area contributed by atoms with Gasteiger partial charge < -0.3 is 15.5 Å². The van der Waals surface area contributed by atoms with Gasteiger partial charge >= 0.3 is 5.88 Å². The number of nitrogens with one attached hydrogen (secondary N) is 2. The molecule has 1 fully saturated rings. The van der Waals surface area contributed by atoms with Crippen LogP contribution in [0.25, 0.3) is 0 Å². The molecule has 8 nitrogen and oxygen atoms in total. The Hall–Kier alpha value is -1.71. The highest BCUT2D eigenvalue weighted by molar-refractivity contribution is 8.01. The van der Waals surface area contributed by atoms with Crippen LogP contribution in [-0.2, 0) is 5.79 Å². The van der Waals surface area contributed by atoms with Gasteiger partial charge in [-0.2, -0.15) is 0 Å². The van der Waals surface area contributed by atoms with Crippen molar-refractivity contribution in [1.29, 1.82) is 0 Å². The molecule has 1 aliphatic heterocycles. The molecular weight excluding hydrogens is 234 g/mol. The van der Waals surface area contributed by atoms with E-state index in [1.54, 1.807) is 0 Å². The van der Waals surface area contributed by atoms with Gasteiger partial charge in [0.05, 0.1) is 6.07 Å². The molecule has 0 aromatic carbocycles. The number of hydrogen-bond acceptors (Lipinski definition) is 8. The van der Waals surface area contributed by atoms with Gasteiger partial charge in [0.25, 0.3) is 0 Å². The van der Waals surface area contributed by atoms with E-state index >= 15 is 0 Å². The second-order valence-corrected chi connectivity index (χ2v) is 3.91. The van der Waals surface area contributed by atoms with E-state index in [-0.39, 0.29) is 11.6 Å². The van der Waals surface area contributed by atoms with E-state index in [4.69, 9.17) is 15.9 Å². The van der Waals surface area contributed by atoms with Crippen LogP contribution >= 0.6 is 11.9 Å². The Morgan fingerprint density at radius 2 is 2.38 bits per heavy atom. The molecular formula is C7H9N5O3S. The minimum atomic E-state index is -1.19. The molecule has 86 valence electrons. The average molecular weight is 243 g/mol. The first-order valence-corrected chi connectivity index (χ1v) is 5.04. The topological polar surface area (TPSA) is 132 Å². The van der Waals surface area contributed by atoms with Crippen molar-refractivity contribution in [3.63, 3.8) is 0 Å². The highest BCUT2D eigenvalue weighted by atomic mass is 32.2. The Morgan fingerprint density at radius 3 is 2.88 bits per heavy atom. The van der Waals surface area contributed by atoms with Crippen LogP contribution in [0.4, 0.5) is 5.88 Å². The molecule has 0 amide bonds. The number of nitrogens with two attached hydrogens (primary N) is 2. The van der Waals surface area contributed by atoms with E-state index in [1.165, 1.54) is 30.3 Å². The van der Waals surface area contributed by atoms with Gasteiger partial charge in [0, 0.05) is 6.20 Å². The first-order valence-electron chi connectivity index (χ1n) is 4.23. The molecule has 2 rings (SSSR count). The molecule has 1 aromatic rings. The van der Waals surface area contributed by atoms with Crippen LogP contribution in [0.2, 0.25) is 0 Å². The van der Waals surface area contributed by atoms with Crippen LogP contribution in [0.1, 0.15) is 5.76 Å². The minimum Gasteiger partial charge on any atom is -0.402 e. The molecule has 0 bridgehead atoms. The third-order valence-electron chi connectivity index (χ3n) is 1.95. The van der Waals surface area contributed by atoms with Gasteiger partial charge in [0.2, 0.25) is 5.79 Å². The molecule has 6 N–H and O–H groups in total. The summed E-state index contributed by atoms with van der Waals surface area (Å²) in [5.41, 5.74) is 11.2. The first kappa shape index (κ1) is 10.8. The molecule has 1 aliphatic rings. The molecule has 1 unspecified atom stereocenters. The lowest BCUT2D eigenvalue weighted by Crippen LogP contribution is -2.52. The molecule has 16 heavy (non-hydrogen) atoms. The third-order valence-corrected chi connectivity index (χ3v) is 2.84. The van der Waals surface area contributed by atoms with Gasteiger partial charge in [-0.25, -0.2) is 4.72 Å². The van der Waals surface area contributed by atoms with Crippen LogP contribution in [0.15, 0.2) is 27.8 Å². The summed E-state index contributed by atoms with van der Waals surface area (Å²) in [5, 5.41) is 13.9. The number of nitrogens with zero attached hydrogens (tertiary/aromatic N) is 1. The zero-order valence-electron chi connectivity index (χ0n) is 7.97. The lowest BCUT2D eigenvalue weighted by Gasteiger charge is -2.20. The molecule has 1 atom stereocenters. The van der Waals surface area contributed by atoms with E-state index < -0.39 is 10.7 Å². The van der Waals surface area contributed by atoms with Crippen LogP contribution in [0, 0.1) is 10.1 Å². The summed E-state index contributed by atoms with van der Waals surface area (Å²) >= 11 is 1.18. The number of nitro groups is 1. The highest BCUT2D eigenvalue weighted by Crippen LogP contribution is 2.30. The van der Waals surface area contributed by atoms with Crippen molar-refractivity contribution < 1.29 is 9.34 Å². The Bertz CT molecular complexity index is 459. The van der Waals surface area contributed by atoms with Gasteiger partial charge in [-0.15, -0.1) is 0 Å². The largest absolute Gasteiger partial charge is 0.433 e. The van der Waals surface area contributed by atoms with E-state index in [0.717, 1.165) is 0 Å². The zero-order chi connectivity index (χ0) is 11.8. The Kier molecular flexibility index (Phi) is 2.50. The van der Waals surface area contributed by atoms with Crippen LogP contribution < -0.4 is 21.5 Å². The fraction of sp³-hybridized carbons (Fsp3) is 0.143. The van der Waals surface area contributed by atoms with Gasteiger partial charge in [-0.1, -0.05) is 0 Å². The van der Waals surface area contributed by atoms with Crippen molar-refractivity contribution in [3.05, 3.63) is 39.2 Å². The summed E-state index contributed by atoms with van der Waals surface area (Å²) in [6, 6.07) is 2.67. The molecule has 0 saturated carbocycles. The van der Waals surface area contributed by atoms with Gasteiger partial charge in [0.15, 0.2) is 5.76 Å². The lowest BCUT2D eigenvalue weighted by atomic mass is 10.3. The quantitative estimate of drug-likeness (QED) is 0.320. The van der Waals surface area contributed by atoms with Crippen molar-refractivity contribution in [1.82, 2.24) is 10.0 Å². The predicted octanol–water partition coefficient (Wildman–Crippen LogP) is -0.145. The number of hydrogen-bond donors (Lipinski definition) is 4. The van der Waals surface area contributed by atoms with Crippen molar-refractivity contribution in [2.24, 2.45) is 11.5 Å². The smallest absolute Gasteiger partial charge is 0.402 e. The van der Waals surface area contributed by atoms with Crippen molar-refractivity contribution in [3.8, 4) is 0 Å². The summed E-state index contributed by atoms with van der Waals surface area (Å²) in [6.07, 6.45) is 1.34. The average Bonchev–Trinajstić information content (AvgIpc) is 2.84. The summed E-state index contributed by atoms with van der Waals surface area (Å²) < 4.78 is 7.82. The maximum atomic E-state index is 10.4. The molecule has 0 aliphatic carbocycles. The summed E-state index contributed by atoms with van der Waals surface area (Å²) in [5.74, 6) is -1.34. The minimum absolute atomic E-state index is 0.212. The van der Waals surface area contributed by atoms with Crippen LogP contribution in [-0.4, -0.2) is 4.92 Å². The van der Waals surface area contributed by atoms with Gasteiger partial charge in [-0.3, -0.25) is 15.8 Å². The molecule has 0 radical (unpaired) electrons. The second kappa shape index (κ2) is 3.70. The third kappa shape index (κ3) is 1.71. The number of furan rings is 1. The highest BCUT2D eigenvalue weighted by Gasteiger charge is 2.38. The first-order chi connectivity index (χ1) is 7.55. The molecule has 1 saturated heterocycles. The summed E-state index contributed by atoms with van der Waals surface area (Å²) in [4.78, 5) is 9.82. The van der Waals surface area contributed by atoms with E-state index in [0.29, 0.717) is 5.03 Å². The van der Waals surface area contributed by atoms with Crippen molar-refractivity contribution in [2.75, 3.05) is 0 Å². The maximum absolute atomic E-state index is 10.4. The predicted molar refractivity (Wildman–Crippen MR) is 57.4 cm³/mol. The van der Waals surface area contributed by atoms with E-state index in [2.05, 4.69) is 10.0 Å². The van der Waals surface area contributed by atoms with Gasteiger partial charge in [-0.05, 0) is 18.0 Å². The SMILES string of the molecule is NC=C1NC(N)(c2ccc([N+](=O)[O-])o2)NS1. The summed E-state index contributed by atoms with van der Waals surface area (Å²) in [6.45, 7) is 0. The second-order valence-electron chi connectivity index (χ2n) is 3.06. The summed E-state index contributed by atoms with van der Waals surface area (Å²) in [7, 11) is 0. The van der Waals surface area contributed by atoms with Gasteiger partial charge in [0.1, 0.15) is 9.95 Å².